The Hall–Kier alpha value is -0.780. The summed E-state index contributed by atoms with van der Waals surface area (Å²) in [5, 5.41) is 2.77. The van der Waals surface area contributed by atoms with Gasteiger partial charge in [0.15, 0.2) is 0 Å². The standard InChI is InChI=1S/C13H21F3N2O/c1-9-4-6-18(7-5-9)12(19)11-3-2-10(8-17-11)13(14,15)16/h9-11,17H,2-8H2,1H3. The zero-order valence-corrected chi connectivity index (χ0v) is 11.2. The molecular formula is C13H21F3N2O. The summed E-state index contributed by atoms with van der Waals surface area (Å²) < 4.78 is 37.6. The molecule has 2 unspecified atom stereocenters. The van der Waals surface area contributed by atoms with E-state index < -0.39 is 18.1 Å². The Morgan fingerprint density at radius 2 is 1.79 bits per heavy atom. The maximum absolute atomic E-state index is 12.5. The lowest BCUT2D eigenvalue weighted by Crippen LogP contribution is -2.53. The lowest BCUT2D eigenvalue weighted by molar-refractivity contribution is -0.180. The number of nitrogens with zero attached hydrogens (tertiary/aromatic N) is 1. The number of hydrogen-bond acceptors (Lipinski definition) is 2. The summed E-state index contributed by atoms with van der Waals surface area (Å²) in [4.78, 5) is 14.0. The second kappa shape index (κ2) is 5.69. The van der Waals surface area contributed by atoms with E-state index in [1.807, 2.05) is 0 Å². The number of alkyl halides is 3. The quantitative estimate of drug-likeness (QED) is 0.797. The fourth-order valence-corrected chi connectivity index (χ4v) is 2.80. The highest BCUT2D eigenvalue weighted by atomic mass is 19.4. The maximum atomic E-state index is 12.5. The first-order chi connectivity index (χ1) is 8.88. The van der Waals surface area contributed by atoms with Gasteiger partial charge in [-0.05, 0) is 31.6 Å². The van der Waals surface area contributed by atoms with Gasteiger partial charge in [0.1, 0.15) is 0 Å². The summed E-state index contributed by atoms with van der Waals surface area (Å²) in [6.07, 6.45) is -1.83. The molecule has 0 aromatic heterocycles. The SMILES string of the molecule is CC1CCN(C(=O)C2CCC(C(F)(F)F)CN2)CC1. The third kappa shape index (κ3) is 3.61. The lowest BCUT2D eigenvalue weighted by Gasteiger charge is -2.36. The first-order valence-electron chi connectivity index (χ1n) is 6.97. The summed E-state index contributed by atoms with van der Waals surface area (Å²) in [6, 6.07) is -0.424. The lowest BCUT2D eigenvalue weighted by atomic mass is 9.92. The van der Waals surface area contributed by atoms with Gasteiger partial charge >= 0.3 is 6.18 Å². The van der Waals surface area contributed by atoms with Gasteiger partial charge in [0, 0.05) is 19.6 Å². The number of likely N-dealkylation sites (tertiary alicyclic amines) is 1. The number of halogens is 3. The van der Waals surface area contributed by atoms with Crippen LogP contribution in [0.25, 0.3) is 0 Å². The molecule has 2 heterocycles. The van der Waals surface area contributed by atoms with Gasteiger partial charge in [-0.2, -0.15) is 13.2 Å². The summed E-state index contributed by atoms with van der Waals surface area (Å²) in [5.74, 6) is -0.691. The smallest absolute Gasteiger partial charge is 0.341 e. The summed E-state index contributed by atoms with van der Waals surface area (Å²) in [5.41, 5.74) is 0. The minimum atomic E-state index is -4.15. The number of nitrogens with one attached hydrogen (secondary N) is 1. The van der Waals surface area contributed by atoms with E-state index in [1.54, 1.807) is 4.90 Å². The second-order valence-corrected chi connectivity index (χ2v) is 5.78. The molecule has 2 aliphatic rings. The van der Waals surface area contributed by atoms with Crippen molar-refractivity contribution in [2.24, 2.45) is 11.8 Å². The number of hydrogen-bond donors (Lipinski definition) is 1. The number of piperidine rings is 2. The highest BCUT2D eigenvalue weighted by molar-refractivity contribution is 5.82. The topological polar surface area (TPSA) is 32.3 Å². The molecule has 0 saturated carbocycles. The van der Waals surface area contributed by atoms with Crippen molar-refractivity contribution in [2.45, 2.75) is 44.8 Å². The van der Waals surface area contributed by atoms with Crippen LogP contribution >= 0.6 is 0 Å². The Kier molecular flexibility index (Phi) is 4.38. The summed E-state index contributed by atoms with van der Waals surface area (Å²) in [7, 11) is 0. The van der Waals surface area contributed by atoms with Crippen molar-refractivity contribution >= 4 is 5.91 Å². The Morgan fingerprint density at radius 1 is 1.16 bits per heavy atom. The molecule has 1 N–H and O–H groups in total. The number of carbonyl (C=O) groups is 1. The molecule has 2 aliphatic heterocycles. The van der Waals surface area contributed by atoms with Gasteiger partial charge in [-0.3, -0.25) is 4.79 Å². The first kappa shape index (κ1) is 14.6. The van der Waals surface area contributed by atoms with Gasteiger partial charge in [0.2, 0.25) is 5.91 Å². The van der Waals surface area contributed by atoms with Crippen LogP contribution < -0.4 is 5.32 Å². The van der Waals surface area contributed by atoms with Gasteiger partial charge in [-0.1, -0.05) is 6.92 Å². The Morgan fingerprint density at radius 3 is 2.26 bits per heavy atom. The van der Waals surface area contributed by atoms with Crippen molar-refractivity contribution in [3.8, 4) is 0 Å². The van der Waals surface area contributed by atoms with E-state index in [9.17, 15) is 18.0 Å². The Bertz CT molecular complexity index is 316. The summed E-state index contributed by atoms with van der Waals surface area (Å²) >= 11 is 0. The molecule has 1 amide bonds. The van der Waals surface area contributed by atoms with Gasteiger partial charge in [0.25, 0.3) is 0 Å². The van der Waals surface area contributed by atoms with Crippen molar-refractivity contribution in [2.75, 3.05) is 19.6 Å². The first-order valence-corrected chi connectivity index (χ1v) is 6.97. The number of rotatable bonds is 1. The average molecular weight is 278 g/mol. The van der Waals surface area contributed by atoms with Gasteiger partial charge in [-0.25, -0.2) is 0 Å². The Labute approximate surface area is 111 Å². The molecule has 2 saturated heterocycles. The van der Waals surface area contributed by atoms with Gasteiger partial charge < -0.3 is 10.2 Å². The van der Waals surface area contributed by atoms with E-state index in [1.165, 1.54) is 0 Å². The van der Waals surface area contributed by atoms with Crippen LogP contribution in [0.1, 0.15) is 32.6 Å². The molecule has 0 radical (unpaired) electrons. The fraction of sp³-hybridized carbons (Fsp3) is 0.923. The molecule has 0 aliphatic carbocycles. The van der Waals surface area contributed by atoms with Crippen LogP contribution in [0.2, 0.25) is 0 Å². The molecule has 6 heteroatoms. The fourth-order valence-electron chi connectivity index (χ4n) is 2.80. The van der Waals surface area contributed by atoms with Crippen LogP contribution in [-0.2, 0) is 4.79 Å². The van der Waals surface area contributed by atoms with Gasteiger partial charge in [0.05, 0.1) is 12.0 Å². The largest absolute Gasteiger partial charge is 0.393 e. The van der Waals surface area contributed by atoms with E-state index in [4.69, 9.17) is 0 Å². The predicted octanol–water partition coefficient (Wildman–Crippen LogP) is 2.18. The zero-order valence-electron chi connectivity index (χ0n) is 11.2. The zero-order chi connectivity index (χ0) is 14.0. The van der Waals surface area contributed by atoms with E-state index in [-0.39, 0.29) is 25.3 Å². The second-order valence-electron chi connectivity index (χ2n) is 5.78. The molecule has 0 aromatic carbocycles. The molecule has 0 bridgehead atoms. The predicted molar refractivity (Wildman–Crippen MR) is 65.5 cm³/mol. The van der Waals surface area contributed by atoms with E-state index in [0.717, 1.165) is 25.9 Å². The normalized spacial score (nSPS) is 30.4. The third-order valence-corrected chi connectivity index (χ3v) is 4.27. The van der Waals surface area contributed by atoms with E-state index in [0.29, 0.717) is 5.92 Å². The van der Waals surface area contributed by atoms with Crippen molar-refractivity contribution in [1.29, 1.82) is 0 Å². The molecule has 110 valence electrons. The molecule has 3 nitrogen and oxygen atoms in total. The van der Waals surface area contributed by atoms with Crippen LogP contribution in [0.3, 0.4) is 0 Å². The van der Waals surface area contributed by atoms with E-state index >= 15 is 0 Å². The molecule has 0 aromatic rings. The monoisotopic (exact) mass is 278 g/mol. The molecule has 2 fully saturated rings. The minimum Gasteiger partial charge on any atom is -0.341 e. The molecule has 2 rings (SSSR count). The highest BCUT2D eigenvalue weighted by Crippen LogP contribution is 2.32. The molecular weight excluding hydrogens is 257 g/mol. The van der Waals surface area contributed by atoms with Crippen LogP contribution in [0, 0.1) is 11.8 Å². The Balaban J connectivity index is 1.82. The molecule has 0 spiro atoms. The molecule has 2 atom stereocenters. The number of carbonyl (C=O) groups excluding carboxylic acids is 1. The van der Waals surface area contributed by atoms with E-state index in [2.05, 4.69) is 12.2 Å². The van der Waals surface area contributed by atoms with Crippen molar-refractivity contribution < 1.29 is 18.0 Å². The van der Waals surface area contributed by atoms with Crippen molar-refractivity contribution in [3.63, 3.8) is 0 Å². The average Bonchev–Trinajstić information content (AvgIpc) is 2.38. The third-order valence-electron chi connectivity index (χ3n) is 4.27. The number of amides is 1. The van der Waals surface area contributed by atoms with Crippen LogP contribution in [0.5, 0.6) is 0 Å². The van der Waals surface area contributed by atoms with Crippen molar-refractivity contribution in [1.82, 2.24) is 10.2 Å². The van der Waals surface area contributed by atoms with Crippen LogP contribution in [0.4, 0.5) is 13.2 Å². The van der Waals surface area contributed by atoms with Crippen LogP contribution in [-0.4, -0.2) is 42.7 Å². The minimum absolute atomic E-state index is 0.0208. The van der Waals surface area contributed by atoms with Gasteiger partial charge in [-0.15, -0.1) is 0 Å². The van der Waals surface area contributed by atoms with Crippen LogP contribution in [0.15, 0.2) is 0 Å². The van der Waals surface area contributed by atoms with Crippen molar-refractivity contribution in [3.05, 3.63) is 0 Å². The molecule has 19 heavy (non-hydrogen) atoms. The maximum Gasteiger partial charge on any atom is 0.393 e. The summed E-state index contributed by atoms with van der Waals surface area (Å²) in [6.45, 7) is 3.50. The highest BCUT2D eigenvalue weighted by Gasteiger charge is 2.43.